The van der Waals surface area contributed by atoms with Crippen LogP contribution in [-0.2, 0) is 17.0 Å². The highest BCUT2D eigenvalue weighted by Gasteiger charge is 2.23. The van der Waals surface area contributed by atoms with Crippen LogP contribution in [0.2, 0.25) is 5.02 Å². The molecule has 1 fully saturated rings. The third-order valence-electron chi connectivity index (χ3n) is 6.01. The number of fused-ring (bicyclic) bond motifs is 2. The van der Waals surface area contributed by atoms with E-state index in [9.17, 15) is 4.79 Å². The van der Waals surface area contributed by atoms with E-state index in [-0.39, 0.29) is 11.7 Å². The zero-order valence-corrected chi connectivity index (χ0v) is 19.7. The van der Waals surface area contributed by atoms with Gasteiger partial charge in [-0.1, -0.05) is 41.6 Å². The Labute approximate surface area is 203 Å². The van der Waals surface area contributed by atoms with Crippen molar-refractivity contribution in [3.8, 4) is 11.4 Å². The molecule has 0 saturated carbocycles. The molecule has 10 heteroatoms. The Morgan fingerprint density at radius 3 is 2.97 bits per heavy atom. The van der Waals surface area contributed by atoms with Gasteiger partial charge in [0.05, 0.1) is 29.3 Å². The van der Waals surface area contributed by atoms with Crippen LogP contribution >= 0.6 is 23.4 Å². The van der Waals surface area contributed by atoms with E-state index >= 15 is 0 Å². The minimum atomic E-state index is -0.205. The van der Waals surface area contributed by atoms with Crippen LogP contribution in [0.5, 0.6) is 0 Å². The number of nitrogens with one attached hydrogen (secondary N) is 2. The summed E-state index contributed by atoms with van der Waals surface area (Å²) in [6.07, 6.45) is 4.17. The van der Waals surface area contributed by atoms with Gasteiger partial charge in [0.25, 0.3) is 5.56 Å². The Balaban J connectivity index is 1.34. The number of H-pyrrole nitrogens is 2. The summed E-state index contributed by atoms with van der Waals surface area (Å²) in [5.41, 5.74) is 2.46. The molecular weight excluding hydrogens is 472 g/mol. The van der Waals surface area contributed by atoms with Gasteiger partial charge in [0.1, 0.15) is 5.82 Å². The standard InChI is InChI=1S/C24H21ClN6O2S/c25-14-7-8-20-17(10-14)23(32)28-21(27-20)13-34-24-30-29-22(31(24)12-15-4-3-9-33-15)18-11-26-19-6-2-1-5-16(18)19/h1-2,5-8,10-11,15,26H,3-4,9,12-13H2,(H,27,28,32). The van der Waals surface area contributed by atoms with E-state index in [1.165, 1.54) is 11.8 Å². The Morgan fingerprint density at radius 1 is 1.18 bits per heavy atom. The molecule has 3 aromatic heterocycles. The number of hydrogen-bond acceptors (Lipinski definition) is 6. The van der Waals surface area contributed by atoms with Gasteiger partial charge in [-0.15, -0.1) is 10.2 Å². The first-order valence-electron chi connectivity index (χ1n) is 11.1. The van der Waals surface area contributed by atoms with Crippen LogP contribution in [0.3, 0.4) is 0 Å². The highest BCUT2D eigenvalue weighted by Crippen LogP contribution is 2.32. The lowest BCUT2D eigenvalue weighted by atomic mass is 10.1. The maximum absolute atomic E-state index is 12.5. The summed E-state index contributed by atoms with van der Waals surface area (Å²) in [7, 11) is 0. The number of benzene rings is 2. The van der Waals surface area contributed by atoms with Gasteiger partial charge in [-0.25, -0.2) is 4.98 Å². The molecule has 1 aliphatic heterocycles. The van der Waals surface area contributed by atoms with Crippen molar-refractivity contribution in [3.05, 3.63) is 69.9 Å². The normalized spacial score (nSPS) is 16.1. The number of ether oxygens (including phenoxy) is 1. The molecule has 6 rings (SSSR count). The smallest absolute Gasteiger partial charge is 0.258 e. The van der Waals surface area contributed by atoms with Crippen molar-refractivity contribution in [2.24, 2.45) is 0 Å². The molecular formula is C24H21ClN6O2S. The number of para-hydroxylation sites is 1. The van der Waals surface area contributed by atoms with Gasteiger partial charge < -0.3 is 14.7 Å². The number of hydrogen-bond donors (Lipinski definition) is 2. The highest BCUT2D eigenvalue weighted by molar-refractivity contribution is 7.98. The van der Waals surface area contributed by atoms with E-state index in [1.807, 2.05) is 24.4 Å². The molecule has 0 bridgehead atoms. The fourth-order valence-electron chi connectivity index (χ4n) is 4.37. The van der Waals surface area contributed by atoms with E-state index in [0.29, 0.717) is 34.0 Å². The van der Waals surface area contributed by atoms with Crippen LogP contribution in [0.1, 0.15) is 18.7 Å². The lowest BCUT2D eigenvalue weighted by molar-refractivity contribution is 0.0953. The second-order valence-electron chi connectivity index (χ2n) is 8.26. The van der Waals surface area contributed by atoms with Crippen molar-refractivity contribution in [3.63, 3.8) is 0 Å². The van der Waals surface area contributed by atoms with Crippen LogP contribution in [0.4, 0.5) is 0 Å². The molecule has 8 nitrogen and oxygen atoms in total. The van der Waals surface area contributed by atoms with Crippen molar-refractivity contribution >= 4 is 45.2 Å². The van der Waals surface area contributed by atoms with E-state index in [2.05, 4.69) is 35.8 Å². The first-order valence-corrected chi connectivity index (χ1v) is 12.4. The van der Waals surface area contributed by atoms with Gasteiger partial charge in [-0.3, -0.25) is 9.36 Å². The average molecular weight is 493 g/mol. The van der Waals surface area contributed by atoms with Crippen molar-refractivity contribution in [1.29, 1.82) is 0 Å². The minimum Gasteiger partial charge on any atom is -0.376 e. The van der Waals surface area contributed by atoms with E-state index in [0.717, 1.165) is 46.9 Å². The fourth-order valence-corrected chi connectivity index (χ4v) is 5.36. The first-order chi connectivity index (χ1) is 16.7. The largest absolute Gasteiger partial charge is 0.376 e. The third kappa shape index (κ3) is 4.00. The van der Waals surface area contributed by atoms with Gasteiger partial charge in [-0.05, 0) is 37.1 Å². The van der Waals surface area contributed by atoms with Crippen LogP contribution in [-0.4, -0.2) is 42.4 Å². The molecule has 34 heavy (non-hydrogen) atoms. The summed E-state index contributed by atoms with van der Waals surface area (Å²) < 4.78 is 8.03. The SMILES string of the molecule is O=c1[nH]c(CSc2nnc(-c3c[nH]c4ccccc34)n2CC2CCCO2)nc2ccc(Cl)cc12. The summed E-state index contributed by atoms with van der Waals surface area (Å²) in [5, 5.41) is 11.9. The Bertz CT molecular complexity index is 1550. The van der Waals surface area contributed by atoms with Gasteiger partial charge in [0.2, 0.25) is 0 Å². The minimum absolute atomic E-state index is 0.127. The number of thioether (sulfide) groups is 1. The van der Waals surface area contributed by atoms with Crippen molar-refractivity contribution in [1.82, 2.24) is 29.7 Å². The summed E-state index contributed by atoms with van der Waals surface area (Å²) in [6, 6.07) is 13.3. The maximum atomic E-state index is 12.5. The van der Waals surface area contributed by atoms with Crippen LogP contribution in [0.25, 0.3) is 33.2 Å². The number of aromatic amines is 2. The highest BCUT2D eigenvalue weighted by atomic mass is 35.5. The van der Waals surface area contributed by atoms with Gasteiger partial charge in [0, 0.05) is 34.3 Å². The van der Waals surface area contributed by atoms with Crippen LogP contribution in [0.15, 0.2) is 58.6 Å². The van der Waals surface area contributed by atoms with Crippen molar-refractivity contribution in [2.45, 2.75) is 36.4 Å². The van der Waals surface area contributed by atoms with E-state index in [1.54, 1.807) is 18.2 Å². The lowest BCUT2D eigenvalue weighted by Gasteiger charge is -2.14. The molecule has 1 unspecified atom stereocenters. The molecule has 1 saturated heterocycles. The van der Waals surface area contributed by atoms with Crippen molar-refractivity contribution in [2.75, 3.05) is 6.61 Å². The molecule has 172 valence electrons. The Kier molecular flexibility index (Phi) is 5.60. The molecule has 0 radical (unpaired) electrons. The number of nitrogens with zero attached hydrogens (tertiary/aromatic N) is 4. The molecule has 2 N–H and O–H groups in total. The summed E-state index contributed by atoms with van der Waals surface area (Å²) in [5.74, 6) is 1.82. The fraction of sp³-hybridized carbons (Fsp3) is 0.250. The summed E-state index contributed by atoms with van der Waals surface area (Å²) in [6.45, 7) is 1.45. The zero-order chi connectivity index (χ0) is 23.1. The number of rotatable bonds is 6. The predicted molar refractivity (Wildman–Crippen MR) is 133 cm³/mol. The molecule has 4 heterocycles. The predicted octanol–water partition coefficient (Wildman–Crippen LogP) is 4.79. The van der Waals surface area contributed by atoms with Crippen LogP contribution in [0, 0.1) is 0 Å². The topological polar surface area (TPSA) is 101 Å². The lowest BCUT2D eigenvalue weighted by Crippen LogP contribution is -2.17. The molecule has 2 aromatic carbocycles. The van der Waals surface area contributed by atoms with Crippen LogP contribution < -0.4 is 5.56 Å². The quantitative estimate of drug-likeness (QED) is 0.330. The molecule has 1 atom stereocenters. The zero-order valence-electron chi connectivity index (χ0n) is 18.1. The van der Waals surface area contributed by atoms with E-state index < -0.39 is 0 Å². The molecule has 0 aliphatic carbocycles. The van der Waals surface area contributed by atoms with Crippen molar-refractivity contribution < 1.29 is 4.74 Å². The maximum Gasteiger partial charge on any atom is 0.258 e. The summed E-state index contributed by atoms with van der Waals surface area (Å²) >= 11 is 7.52. The Morgan fingerprint density at radius 2 is 2.09 bits per heavy atom. The second kappa shape index (κ2) is 8.90. The number of halogens is 1. The monoisotopic (exact) mass is 492 g/mol. The molecule has 0 spiro atoms. The van der Waals surface area contributed by atoms with E-state index in [4.69, 9.17) is 16.3 Å². The number of aromatic nitrogens is 6. The van der Waals surface area contributed by atoms with Gasteiger partial charge in [0.15, 0.2) is 11.0 Å². The molecule has 1 aliphatic rings. The van der Waals surface area contributed by atoms with Gasteiger partial charge in [-0.2, -0.15) is 0 Å². The third-order valence-corrected chi connectivity index (χ3v) is 7.22. The second-order valence-corrected chi connectivity index (χ2v) is 9.64. The average Bonchev–Trinajstić information content (AvgIpc) is 3.59. The first kappa shape index (κ1) is 21.4. The Hall–Kier alpha value is -3.14. The summed E-state index contributed by atoms with van der Waals surface area (Å²) in [4.78, 5) is 23.3. The molecule has 5 aromatic rings. The molecule has 0 amide bonds. The van der Waals surface area contributed by atoms with Gasteiger partial charge >= 0.3 is 0 Å².